The monoisotopic (exact) mass is 301 g/mol. The van der Waals surface area contributed by atoms with Gasteiger partial charge >= 0.3 is 0 Å². The second-order valence-electron chi connectivity index (χ2n) is 4.79. The van der Waals surface area contributed by atoms with Gasteiger partial charge in [-0.2, -0.15) is 5.10 Å². The highest BCUT2D eigenvalue weighted by Crippen LogP contribution is 2.28. The van der Waals surface area contributed by atoms with E-state index in [2.05, 4.69) is 5.10 Å². The van der Waals surface area contributed by atoms with Gasteiger partial charge in [0.15, 0.2) is 0 Å². The first-order chi connectivity index (χ1) is 10.1. The van der Waals surface area contributed by atoms with Crippen molar-refractivity contribution in [2.24, 2.45) is 0 Å². The van der Waals surface area contributed by atoms with Gasteiger partial charge in [-0.05, 0) is 24.6 Å². The molecule has 0 aliphatic heterocycles. The summed E-state index contributed by atoms with van der Waals surface area (Å²) in [5, 5.41) is 4.55. The molecule has 2 N–H and O–H groups in total. The summed E-state index contributed by atoms with van der Waals surface area (Å²) in [6.07, 6.45) is 1.67. The molecule has 1 heterocycles. The number of nitrogens with two attached hydrogens (primary N) is 1. The van der Waals surface area contributed by atoms with Crippen molar-refractivity contribution in [1.29, 1.82) is 0 Å². The molecule has 2 aromatic carbocycles. The van der Waals surface area contributed by atoms with Gasteiger partial charge in [0.1, 0.15) is 11.5 Å². The Morgan fingerprint density at radius 1 is 1.19 bits per heavy atom. The molecule has 0 unspecified atom stereocenters. The van der Waals surface area contributed by atoms with Crippen LogP contribution in [0, 0.1) is 12.7 Å². The molecule has 0 spiro atoms. The summed E-state index contributed by atoms with van der Waals surface area (Å²) in [5.41, 5.74) is 9.88. The number of nitrogens with zero attached hydrogens (tertiary/aromatic N) is 2. The first kappa shape index (κ1) is 13.6. The van der Waals surface area contributed by atoms with Crippen molar-refractivity contribution < 1.29 is 4.39 Å². The molecule has 0 saturated carbocycles. The first-order valence-electron chi connectivity index (χ1n) is 6.43. The van der Waals surface area contributed by atoms with Crippen molar-refractivity contribution in [3.05, 3.63) is 65.1 Å². The van der Waals surface area contributed by atoms with Gasteiger partial charge in [-0.15, -0.1) is 0 Å². The average molecular weight is 302 g/mol. The average Bonchev–Trinajstić information content (AvgIpc) is 2.84. The van der Waals surface area contributed by atoms with E-state index in [0.717, 1.165) is 11.1 Å². The van der Waals surface area contributed by atoms with Gasteiger partial charge in [-0.1, -0.05) is 35.9 Å². The number of aryl methyl sites for hydroxylation is 1. The fourth-order valence-corrected chi connectivity index (χ4v) is 2.31. The minimum absolute atomic E-state index is 0.0815. The Bertz CT molecular complexity index is 811. The van der Waals surface area contributed by atoms with E-state index in [9.17, 15) is 4.39 Å². The lowest BCUT2D eigenvalue weighted by atomic mass is 10.1. The lowest BCUT2D eigenvalue weighted by Crippen LogP contribution is -1.96. The number of rotatable bonds is 2. The van der Waals surface area contributed by atoms with Crippen LogP contribution in [0.15, 0.2) is 48.7 Å². The quantitative estimate of drug-likeness (QED) is 0.770. The maximum Gasteiger partial charge on any atom is 0.143 e. The summed E-state index contributed by atoms with van der Waals surface area (Å²) >= 11 is 5.69. The lowest BCUT2D eigenvalue weighted by molar-refractivity contribution is 0.626. The maximum atomic E-state index is 13.6. The smallest absolute Gasteiger partial charge is 0.143 e. The number of hydrogen-bond donors (Lipinski definition) is 1. The molecule has 0 fully saturated rings. The zero-order chi connectivity index (χ0) is 15.0. The third-order valence-corrected chi connectivity index (χ3v) is 3.62. The van der Waals surface area contributed by atoms with Crippen LogP contribution < -0.4 is 5.73 Å². The number of halogens is 2. The molecule has 0 aliphatic carbocycles. The molecule has 5 heteroatoms. The SMILES string of the molecule is Cc1ccccc1-c1nn(-c2ccc(Cl)c(F)c2)cc1N. The van der Waals surface area contributed by atoms with Crippen LogP contribution in [0.2, 0.25) is 5.02 Å². The van der Waals surface area contributed by atoms with Gasteiger partial charge in [-0.3, -0.25) is 0 Å². The van der Waals surface area contributed by atoms with Crippen LogP contribution in [0.1, 0.15) is 5.56 Å². The highest BCUT2D eigenvalue weighted by molar-refractivity contribution is 6.30. The molecule has 0 radical (unpaired) electrons. The Balaban J connectivity index is 2.09. The van der Waals surface area contributed by atoms with E-state index < -0.39 is 5.82 Å². The van der Waals surface area contributed by atoms with Crippen molar-refractivity contribution in [3.8, 4) is 16.9 Å². The third kappa shape index (κ3) is 2.50. The van der Waals surface area contributed by atoms with Crippen LogP contribution in [-0.4, -0.2) is 9.78 Å². The van der Waals surface area contributed by atoms with Gasteiger partial charge in [-0.25, -0.2) is 9.07 Å². The van der Waals surface area contributed by atoms with E-state index in [0.29, 0.717) is 17.1 Å². The van der Waals surface area contributed by atoms with E-state index in [1.807, 2.05) is 31.2 Å². The summed E-state index contributed by atoms with van der Waals surface area (Å²) in [6, 6.07) is 12.4. The van der Waals surface area contributed by atoms with Crippen LogP contribution >= 0.6 is 11.6 Å². The molecular weight excluding hydrogens is 289 g/mol. The Morgan fingerprint density at radius 2 is 1.95 bits per heavy atom. The fourth-order valence-electron chi connectivity index (χ4n) is 2.20. The van der Waals surface area contributed by atoms with E-state index >= 15 is 0 Å². The van der Waals surface area contributed by atoms with Crippen molar-refractivity contribution in [3.63, 3.8) is 0 Å². The molecule has 0 aliphatic rings. The molecule has 106 valence electrons. The predicted octanol–water partition coefficient (Wildman–Crippen LogP) is 4.22. The largest absolute Gasteiger partial charge is 0.396 e. The number of anilines is 1. The molecule has 3 rings (SSSR count). The topological polar surface area (TPSA) is 43.8 Å². The summed E-state index contributed by atoms with van der Waals surface area (Å²) < 4.78 is 15.1. The zero-order valence-electron chi connectivity index (χ0n) is 11.3. The van der Waals surface area contributed by atoms with Crippen LogP contribution in [0.5, 0.6) is 0 Å². The Morgan fingerprint density at radius 3 is 2.67 bits per heavy atom. The minimum atomic E-state index is -0.485. The van der Waals surface area contributed by atoms with Gasteiger partial charge in [0.2, 0.25) is 0 Å². The first-order valence-corrected chi connectivity index (χ1v) is 6.80. The summed E-state index contributed by atoms with van der Waals surface area (Å²) in [7, 11) is 0. The van der Waals surface area contributed by atoms with E-state index in [1.54, 1.807) is 16.9 Å². The van der Waals surface area contributed by atoms with Crippen LogP contribution in [0.4, 0.5) is 10.1 Å². The van der Waals surface area contributed by atoms with Crippen LogP contribution in [0.3, 0.4) is 0 Å². The number of hydrogen-bond acceptors (Lipinski definition) is 2. The Kier molecular flexibility index (Phi) is 3.39. The second-order valence-corrected chi connectivity index (χ2v) is 5.20. The van der Waals surface area contributed by atoms with Crippen LogP contribution in [-0.2, 0) is 0 Å². The van der Waals surface area contributed by atoms with Crippen molar-refractivity contribution in [2.75, 3.05) is 5.73 Å². The Hall–Kier alpha value is -2.33. The van der Waals surface area contributed by atoms with E-state index in [1.165, 1.54) is 12.1 Å². The van der Waals surface area contributed by atoms with Gasteiger partial charge in [0.05, 0.1) is 22.6 Å². The molecule has 3 nitrogen and oxygen atoms in total. The molecule has 0 saturated heterocycles. The minimum Gasteiger partial charge on any atom is -0.396 e. The highest BCUT2D eigenvalue weighted by atomic mass is 35.5. The molecule has 3 aromatic rings. The van der Waals surface area contributed by atoms with Crippen LogP contribution in [0.25, 0.3) is 16.9 Å². The summed E-state index contributed by atoms with van der Waals surface area (Å²) in [6.45, 7) is 2.00. The van der Waals surface area contributed by atoms with Gasteiger partial charge in [0.25, 0.3) is 0 Å². The van der Waals surface area contributed by atoms with E-state index in [4.69, 9.17) is 17.3 Å². The normalized spacial score (nSPS) is 10.8. The summed E-state index contributed by atoms with van der Waals surface area (Å²) in [4.78, 5) is 0. The van der Waals surface area contributed by atoms with Crippen molar-refractivity contribution >= 4 is 17.3 Å². The Labute approximate surface area is 126 Å². The van der Waals surface area contributed by atoms with E-state index in [-0.39, 0.29) is 5.02 Å². The highest BCUT2D eigenvalue weighted by Gasteiger charge is 2.12. The molecular formula is C16H13ClFN3. The fraction of sp³-hybridized carbons (Fsp3) is 0.0625. The lowest BCUT2D eigenvalue weighted by Gasteiger charge is -2.04. The second kappa shape index (κ2) is 5.22. The van der Waals surface area contributed by atoms with Gasteiger partial charge in [0, 0.05) is 11.6 Å². The zero-order valence-corrected chi connectivity index (χ0v) is 12.1. The standard InChI is InChI=1S/C16H13ClFN3/c1-10-4-2-3-5-12(10)16-15(19)9-21(20-16)11-6-7-13(17)14(18)8-11/h2-9H,19H2,1H3. The summed E-state index contributed by atoms with van der Waals surface area (Å²) in [5.74, 6) is -0.485. The molecule has 0 amide bonds. The molecule has 21 heavy (non-hydrogen) atoms. The van der Waals surface area contributed by atoms with Crippen molar-refractivity contribution in [1.82, 2.24) is 9.78 Å². The molecule has 0 bridgehead atoms. The predicted molar refractivity (Wildman–Crippen MR) is 83.1 cm³/mol. The van der Waals surface area contributed by atoms with Crippen molar-refractivity contribution in [2.45, 2.75) is 6.92 Å². The van der Waals surface area contributed by atoms with Gasteiger partial charge < -0.3 is 5.73 Å². The number of nitrogen functional groups attached to an aromatic ring is 1. The third-order valence-electron chi connectivity index (χ3n) is 3.31. The molecule has 0 atom stereocenters. The number of aromatic nitrogens is 2. The molecule has 1 aromatic heterocycles. The maximum absolute atomic E-state index is 13.6. The number of benzene rings is 2.